The predicted octanol–water partition coefficient (Wildman–Crippen LogP) is 4.32. The average molecular weight is 326 g/mol. The highest BCUT2D eigenvalue weighted by Crippen LogP contribution is 2.21. The predicted molar refractivity (Wildman–Crippen MR) is 103 cm³/mol. The van der Waals surface area contributed by atoms with E-state index in [-0.39, 0.29) is 5.54 Å². The van der Waals surface area contributed by atoms with Gasteiger partial charge in [-0.3, -0.25) is 9.80 Å². The molecule has 1 aliphatic heterocycles. The maximum Gasteiger partial charge on any atom is 0.0507 e. The molecule has 0 aliphatic carbocycles. The largest absolute Gasteiger partial charge is 0.323 e. The van der Waals surface area contributed by atoms with Crippen LogP contribution in [0.4, 0.5) is 0 Å². The van der Waals surface area contributed by atoms with Gasteiger partial charge in [0, 0.05) is 31.7 Å². The quantitative estimate of drug-likeness (QED) is 0.614. The van der Waals surface area contributed by atoms with Crippen LogP contribution in [0, 0.1) is 11.8 Å². The first-order valence-electron chi connectivity index (χ1n) is 10.1. The van der Waals surface area contributed by atoms with Crippen molar-refractivity contribution in [3.05, 3.63) is 0 Å². The van der Waals surface area contributed by atoms with Gasteiger partial charge in [0.2, 0.25) is 0 Å². The highest BCUT2D eigenvalue weighted by molar-refractivity contribution is 4.91. The minimum absolute atomic E-state index is 0.0637. The van der Waals surface area contributed by atoms with Crippen LogP contribution >= 0.6 is 0 Å². The molecule has 3 heteroatoms. The Balaban J connectivity index is 2.52. The highest BCUT2D eigenvalue weighted by Gasteiger charge is 2.32. The van der Waals surface area contributed by atoms with E-state index in [4.69, 9.17) is 5.73 Å². The van der Waals surface area contributed by atoms with Crippen LogP contribution < -0.4 is 5.73 Å². The van der Waals surface area contributed by atoms with Crippen molar-refractivity contribution in [2.75, 3.05) is 32.8 Å². The number of hydrogen-bond donors (Lipinski definition) is 1. The minimum Gasteiger partial charge on any atom is -0.323 e. The Labute approximate surface area is 146 Å². The summed E-state index contributed by atoms with van der Waals surface area (Å²) in [6.45, 7) is 17.2. The Morgan fingerprint density at radius 2 is 1.52 bits per heavy atom. The van der Waals surface area contributed by atoms with Crippen molar-refractivity contribution in [1.29, 1.82) is 0 Å². The van der Waals surface area contributed by atoms with Gasteiger partial charge in [-0.1, -0.05) is 59.8 Å². The topological polar surface area (TPSA) is 32.5 Å². The van der Waals surface area contributed by atoms with Crippen molar-refractivity contribution in [2.45, 2.75) is 85.1 Å². The molecular formula is C20H43N3. The molecule has 23 heavy (non-hydrogen) atoms. The second kappa shape index (κ2) is 10.7. The number of nitrogens with two attached hydrogens (primary N) is 1. The Morgan fingerprint density at radius 1 is 0.957 bits per heavy atom. The first-order chi connectivity index (χ1) is 10.9. The molecule has 0 aromatic rings. The molecule has 0 aromatic heterocycles. The van der Waals surface area contributed by atoms with Gasteiger partial charge in [-0.25, -0.2) is 0 Å². The third-order valence-electron chi connectivity index (χ3n) is 5.25. The maximum absolute atomic E-state index is 6.57. The number of unbranched alkanes of at least 4 members (excludes halogenated alkanes) is 2. The normalized spacial score (nSPS) is 26.3. The van der Waals surface area contributed by atoms with Gasteiger partial charge in [-0.2, -0.15) is 0 Å². The average Bonchev–Trinajstić information content (AvgIpc) is 2.47. The van der Waals surface area contributed by atoms with E-state index >= 15 is 0 Å². The summed E-state index contributed by atoms with van der Waals surface area (Å²) in [5.41, 5.74) is 6.50. The Bertz CT molecular complexity index is 303. The molecule has 3 unspecified atom stereocenters. The summed E-state index contributed by atoms with van der Waals surface area (Å²) in [5.74, 6) is 1.62. The van der Waals surface area contributed by atoms with E-state index in [9.17, 15) is 0 Å². The molecule has 138 valence electrons. The zero-order valence-electron chi connectivity index (χ0n) is 16.6. The molecular weight excluding hydrogens is 282 g/mol. The molecule has 3 atom stereocenters. The van der Waals surface area contributed by atoms with Crippen molar-refractivity contribution >= 4 is 0 Å². The van der Waals surface area contributed by atoms with Gasteiger partial charge in [0.05, 0.1) is 6.67 Å². The lowest BCUT2D eigenvalue weighted by atomic mass is 9.95. The van der Waals surface area contributed by atoms with E-state index in [1.54, 1.807) is 0 Å². The van der Waals surface area contributed by atoms with Crippen LogP contribution in [0.25, 0.3) is 0 Å². The van der Waals surface area contributed by atoms with Crippen molar-refractivity contribution in [3.8, 4) is 0 Å². The standard InChI is InChI=1S/C20H43N3/c1-6-9-11-18(4)13-22-15-20(5,21)16-23(17-22)14-19(8-3)12-10-7-2/h18-19H,6-17,21H2,1-5H3. The summed E-state index contributed by atoms with van der Waals surface area (Å²) < 4.78 is 0. The van der Waals surface area contributed by atoms with Crippen LogP contribution in [-0.4, -0.2) is 48.2 Å². The molecule has 0 saturated carbocycles. The first kappa shape index (κ1) is 20.9. The summed E-state index contributed by atoms with van der Waals surface area (Å²) in [6.07, 6.45) is 9.36. The van der Waals surface area contributed by atoms with E-state index in [0.29, 0.717) is 0 Å². The van der Waals surface area contributed by atoms with Crippen molar-refractivity contribution in [3.63, 3.8) is 0 Å². The molecule has 1 fully saturated rings. The summed E-state index contributed by atoms with van der Waals surface area (Å²) in [4.78, 5) is 5.23. The van der Waals surface area contributed by atoms with Crippen LogP contribution in [0.2, 0.25) is 0 Å². The Kier molecular flexibility index (Phi) is 9.72. The monoisotopic (exact) mass is 325 g/mol. The molecule has 0 radical (unpaired) electrons. The second-order valence-corrected chi connectivity index (χ2v) is 8.48. The molecule has 1 heterocycles. The molecule has 3 nitrogen and oxygen atoms in total. The molecule has 1 saturated heterocycles. The fourth-order valence-electron chi connectivity index (χ4n) is 4.07. The zero-order chi connectivity index (χ0) is 17.3. The fraction of sp³-hybridized carbons (Fsp3) is 1.00. The van der Waals surface area contributed by atoms with E-state index in [2.05, 4.69) is 44.4 Å². The lowest BCUT2D eigenvalue weighted by Crippen LogP contribution is -2.63. The van der Waals surface area contributed by atoms with E-state index in [1.165, 1.54) is 58.0 Å². The fourth-order valence-corrected chi connectivity index (χ4v) is 4.07. The molecule has 1 aliphatic rings. The SMILES string of the molecule is CCCCC(C)CN1CN(CC(CC)CCCC)CC(C)(N)C1. The van der Waals surface area contributed by atoms with Gasteiger partial charge >= 0.3 is 0 Å². The lowest BCUT2D eigenvalue weighted by Gasteiger charge is -2.46. The van der Waals surface area contributed by atoms with Gasteiger partial charge < -0.3 is 5.73 Å². The Morgan fingerprint density at radius 3 is 2.09 bits per heavy atom. The number of hydrogen-bond acceptors (Lipinski definition) is 3. The smallest absolute Gasteiger partial charge is 0.0507 e. The van der Waals surface area contributed by atoms with Crippen LogP contribution in [0.1, 0.15) is 79.6 Å². The van der Waals surface area contributed by atoms with Gasteiger partial charge in [-0.15, -0.1) is 0 Å². The van der Waals surface area contributed by atoms with Gasteiger partial charge in [0.1, 0.15) is 0 Å². The van der Waals surface area contributed by atoms with Crippen molar-refractivity contribution in [1.82, 2.24) is 9.80 Å². The van der Waals surface area contributed by atoms with Crippen molar-refractivity contribution < 1.29 is 0 Å². The van der Waals surface area contributed by atoms with Gasteiger partial charge in [0.15, 0.2) is 0 Å². The number of rotatable bonds is 11. The minimum atomic E-state index is -0.0637. The summed E-state index contributed by atoms with van der Waals surface area (Å²) in [6, 6.07) is 0. The van der Waals surface area contributed by atoms with Gasteiger partial charge in [0.25, 0.3) is 0 Å². The zero-order valence-corrected chi connectivity index (χ0v) is 16.6. The van der Waals surface area contributed by atoms with Crippen LogP contribution in [0.5, 0.6) is 0 Å². The summed E-state index contributed by atoms with van der Waals surface area (Å²) in [5, 5.41) is 0. The molecule has 0 amide bonds. The van der Waals surface area contributed by atoms with E-state index < -0.39 is 0 Å². The third kappa shape index (κ3) is 8.51. The van der Waals surface area contributed by atoms with Crippen LogP contribution in [-0.2, 0) is 0 Å². The number of nitrogens with zero attached hydrogens (tertiary/aromatic N) is 2. The summed E-state index contributed by atoms with van der Waals surface area (Å²) >= 11 is 0. The molecule has 2 N–H and O–H groups in total. The van der Waals surface area contributed by atoms with Crippen LogP contribution in [0.15, 0.2) is 0 Å². The summed E-state index contributed by atoms with van der Waals surface area (Å²) in [7, 11) is 0. The molecule has 0 spiro atoms. The second-order valence-electron chi connectivity index (χ2n) is 8.48. The molecule has 0 bridgehead atoms. The highest BCUT2D eigenvalue weighted by atomic mass is 15.4. The third-order valence-corrected chi connectivity index (χ3v) is 5.25. The molecule has 1 rings (SSSR count). The first-order valence-corrected chi connectivity index (χ1v) is 10.1. The Hall–Kier alpha value is -0.120. The molecule has 0 aromatic carbocycles. The maximum atomic E-state index is 6.57. The van der Waals surface area contributed by atoms with E-state index in [0.717, 1.165) is 31.6 Å². The van der Waals surface area contributed by atoms with Gasteiger partial charge in [-0.05, 0) is 31.6 Å². The van der Waals surface area contributed by atoms with Crippen molar-refractivity contribution in [2.24, 2.45) is 17.6 Å². The van der Waals surface area contributed by atoms with Crippen LogP contribution in [0.3, 0.4) is 0 Å². The van der Waals surface area contributed by atoms with E-state index in [1.807, 2.05) is 0 Å². The lowest BCUT2D eigenvalue weighted by molar-refractivity contribution is 0.0200.